The summed E-state index contributed by atoms with van der Waals surface area (Å²) in [5.74, 6) is 0. The minimum atomic E-state index is -0.965. The number of hydrogen-bond donors (Lipinski definition) is 1. The van der Waals surface area contributed by atoms with E-state index in [-0.39, 0.29) is 0 Å². The molecule has 1 unspecified atom stereocenters. The monoisotopic (exact) mass is 254 g/mol. The van der Waals surface area contributed by atoms with Crippen LogP contribution in [-0.2, 0) is 5.72 Å². The van der Waals surface area contributed by atoms with Gasteiger partial charge in [-0.3, -0.25) is 9.89 Å². The zero-order chi connectivity index (χ0) is 13.3. The summed E-state index contributed by atoms with van der Waals surface area (Å²) < 4.78 is 0. The van der Waals surface area contributed by atoms with E-state index >= 15 is 0 Å². The van der Waals surface area contributed by atoms with Crippen LogP contribution in [0.1, 0.15) is 12.5 Å². The Hall–Kier alpha value is -1.71. The standard InChI is InChI=1S/C16H18N2O/c1-16(19,18-11-9-17-10-12-18)15-8-4-6-13-5-2-3-7-14(13)15/h2-9,19H,10-12H2,1H3. The summed E-state index contributed by atoms with van der Waals surface area (Å²) in [6, 6.07) is 14.3. The van der Waals surface area contributed by atoms with Crippen LogP contribution < -0.4 is 0 Å². The fourth-order valence-electron chi connectivity index (χ4n) is 2.72. The quantitative estimate of drug-likeness (QED) is 0.893. The predicted molar refractivity (Wildman–Crippen MR) is 78.5 cm³/mol. The van der Waals surface area contributed by atoms with E-state index in [1.807, 2.05) is 37.4 Å². The van der Waals surface area contributed by atoms with Gasteiger partial charge in [0.2, 0.25) is 0 Å². The molecule has 1 N–H and O–H groups in total. The molecule has 0 bridgehead atoms. The van der Waals surface area contributed by atoms with Gasteiger partial charge in [0.15, 0.2) is 0 Å². The number of nitrogens with zero attached hydrogens (tertiary/aromatic N) is 2. The van der Waals surface area contributed by atoms with Crippen molar-refractivity contribution in [2.75, 3.05) is 19.6 Å². The molecule has 2 aromatic rings. The topological polar surface area (TPSA) is 35.8 Å². The Morgan fingerprint density at radius 1 is 1.16 bits per heavy atom. The molecule has 3 nitrogen and oxygen atoms in total. The van der Waals surface area contributed by atoms with Crippen molar-refractivity contribution in [1.82, 2.24) is 4.90 Å². The minimum Gasteiger partial charge on any atom is -0.372 e. The smallest absolute Gasteiger partial charge is 0.142 e. The van der Waals surface area contributed by atoms with Gasteiger partial charge in [0.05, 0.1) is 6.54 Å². The second kappa shape index (κ2) is 4.76. The fraction of sp³-hybridized carbons (Fsp3) is 0.312. The second-order valence-electron chi connectivity index (χ2n) is 5.08. The average Bonchev–Trinajstić information content (AvgIpc) is 2.47. The van der Waals surface area contributed by atoms with E-state index in [4.69, 9.17) is 0 Å². The summed E-state index contributed by atoms with van der Waals surface area (Å²) in [5, 5.41) is 13.2. The summed E-state index contributed by atoms with van der Waals surface area (Å²) in [6.45, 7) is 4.10. The van der Waals surface area contributed by atoms with Crippen LogP contribution in [0.5, 0.6) is 0 Å². The summed E-state index contributed by atoms with van der Waals surface area (Å²) in [4.78, 5) is 6.28. The zero-order valence-corrected chi connectivity index (χ0v) is 11.1. The molecular formula is C16H18N2O. The Morgan fingerprint density at radius 2 is 1.95 bits per heavy atom. The van der Waals surface area contributed by atoms with E-state index in [0.717, 1.165) is 29.4 Å². The third-order valence-corrected chi connectivity index (χ3v) is 3.85. The summed E-state index contributed by atoms with van der Waals surface area (Å²) in [7, 11) is 0. The van der Waals surface area contributed by atoms with E-state index < -0.39 is 5.72 Å². The molecule has 0 saturated carbocycles. The Balaban J connectivity index is 2.09. The van der Waals surface area contributed by atoms with E-state index in [0.29, 0.717) is 6.54 Å². The van der Waals surface area contributed by atoms with Crippen molar-refractivity contribution in [1.29, 1.82) is 0 Å². The number of benzene rings is 2. The Labute approximate surface area is 113 Å². The van der Waals surface area contributed by atoms with Gasteiger partial charge in [-0.1, -0.05) is 42.5 Å². The largest absolute Gasteiger partial charge is 0.372 e. The number of rotatable bonds is 2. The molecule has 0 spiro atoms. The average molecular weight is 254 g/mol. The lowest BCUT2D eigenvalue weighted by Gasteiger charge is -2.38. The second-order valence-corrected chi connectivity index (χ2v) is 5.08. The summed E-state index contributed by atoms with van der Waals surface area (Å²) in [5.41, 5.74) is -0.00581. The van der Waals surface area contributed by atoms with Gasteiger partial charge in [-0.05, 0) is 17.7 Å². The van der Waals surface area contributed by atoms with Crippen molar-refractivity contribution < 1.29 is 5.11 Å². The van der Waals surface area contributed by atoms with Crippen molar-refractivity contribution in [3.63, 3.8) is 0 Å². The maximum atomic E-state index is 11.0. The fourth-order valence-corrected chi connectivity index (χ4v) is 2.72. The number of fused-ring (bicyclic) bond motifs is 1. The Kier molecular flexibility index (Phi) is 3.09. The minimum absolute atomic E-state index is 0.691. The highest BCUT2D eigenvalue weighted by Gasteiger charge is 2.32. The van der Waals surface area contributed by atoms with Gasteiger partial charge >= 0.3 is 0 Å². The third-order valence-electron chi connectivity index (χ3n) is 3.85. The van der Waals surface area contributed by atoms with Gasteiger partial charge < -0.3 is 5.11 Å². The molecule has 0 amide bonds. The molecule has 1 aliphatic rings. The highest BCUT2D eigenvalue weighted by Crippen LogP contribution is 2.31. The number of hydrogen-bond acceptors (Lipinski definition) is 3. The van der Waals surface area contributed by atoms with E-state index in [9.17, 15) is 5.11 Å². The number of aliphatic hydroxyl groups is 1. The molecule has 0 radical (unpaired) electrons. The van der Waals surface area contributed by atoms with E-state index in [1.54, 1.807) is 0 Å². The van der Waals surface area contributed by atoms with Gasteiger partial charge in [0, 0.05) is 24.9 Å². The van der Waals surface area contributed by atoms with Crippen LogP contribution in [-0.4, -0.2) is 35.9 Å². The third kappa shape index (κ3) is 2.15. The first-order chi connectivity index (χ1) is 9.19. The van der Waals surface area contributed by atoms with Crippen LogP contribution in [0.15, 0.2) is 47.5 Å². The summed E-state index contributed by atoms with van der Waals surface area (Å²) in [6.07, 6.45) is 1.88. The normalized spacial score (nSPS) is 19.5. The first-order valence-electron chi connectivity index (χ1n) is 6.63. The van der Waals surface area contributed by atoms with Gasteiger partial charge in [0.1, 0.15) is 5.72 Å². The van der Waals surface area contributed by atoms with Crippen molar-refractivity contribution in [3.8, 4) is 0 Å². The van der Waals surface area contributed by atoms with Crippen molar-refractivity contribution in [3.05, 3.63) is 48.0 Å². The molecule has 3 rings (SSSR count). The van der Waals surface area contributed by atoms with Crippen molar-refractivity contribution >= 4 is 17.0 Å². The van der Waals surface area contributed by atoms with Crippen LogP contribution in [0.3, 0.4) is 0 Å². The highest BCUT2D eigenvalue weighted by molar-refractivity contribution is 5.86. The lowest BCUT2D eigenvalue weighted by molar-refractivity contribution is -0.0910. The molecule has 0 fully saturated rings. The van der Waals surface area contributed by atoms with E-state index in [2.05, 4.69) is 28.1 Å². The van der Waals surface area contributed by atoms with Crippen LogP contribution in [0.4, 0.5) is 0 Å². The SMILES string of the molecule is CC(O)(c1cccc2ccccc12)N1CC=NCC1. The maximum absolute atomic E-state index is 11.0. The van der Waals surface area contributed by atoms with Gasteiger partial charge in [0.25, 0.3) is 0 Å². The molecular weight excluding hydrogens is 236 g/mol. The molecule has 0 aliphatic carbocycles. The predicted octanol–water partition coefficient (Wildman–Crippen LogP) is 2.39. The zero-order valence-electron chi connectivity index (χ0n) is 11.1. The van der Waals surface area contributed by atoms with Crippen LogP contribution >= 0.6 is 0 Å². The molecule has 1 heterocycles. The lowest BCUT2D eigenvalue weighted by Crippen LogP contribution is -2.47. The van der Waals surface area contributed by atoms with Crippen LogP contribution in [0.2, 0.25) is 0 Å². The lowest BCUT2D eigenvalue weighted by atomic mass is 9.95. The molecule has 2 aromatic carbocycles. The molecule has 3 heteroatoms. The summed E-state index contributed by atoms with van der Waals surface area (Å²) >= 11 is 0. The first-order valence-corrected chi connectivity index (χ1v) is 6.63. The Bertz CT molecular complexity index is 614. The van der Waals surface area contributed by atoms with Gasteiger partial charge in [-0.2, -0.15) is 0 Å². The van der Waals surface area contributed by atoms with Crippen molar-refractivity contribution in [2.45, 2.75) is 12.6 Å². The molecule has 0 aromatic heterocycles. The van der Waals surface area contributed by atoms with Gasteiger partial charge in [-0.15, -0.1) is 0 Å². The van der Waals surface area contributed by atoms with Crippen molar-refractivity contribution in [2.24, 2.45) is 4.99 Å². The van der Waals surface area contributed by atoms with E-state index in [1.165, 1.54) is 0 Å². The molecule has 1 atom stereocenters. The highest BCUT2D eigenvalue weighted by atomic mass is 16.3. The molecule has 98 valence electrons. The van der Waals surface area contributed by atoms with Gasteiger partial charge in [-0.25, -0.2) is 0 Å². The number of aliphatic imine (C=N–C) groups is 1. The van der Waals surface area contributed by atoms with Crippen LogP contribution in [0, 0.1) is 0 Å². The Morgan fingerprint density at radius 3 is 2.74 bits per heavy atom. The maximum Gasteiger partial charge on any atom is 0.142 e. The first kappa shape index (κ1) is 12.3. The van der Waals surface area contributed by atoms with Crippen LogP contribution in [0.25, 0.3) is 10.8 Å². The molecule has 19 heavy (non-hydrogen) atoms. The molecule has 0 saturated heterocycles. The molecule has 1 aliphatic heterocycles.